The number of rotatable bonds is 6. The minimum atomic E-state index is -1.33. The van der Waals surface area contributed by atoms with Crippen LogP contribution in [-0.4, -0.2) is 37.6 Å². The molecule has 0 aromatic heterocycles. The Morgan fingerprint density at radius 3 is 2.57 bits per heavy atom. The predicted octanol–water partition coefficient (Wildman–Crippen LogP) is 1.87. The maximum Gasteiger partial charge on any atom is 0.407 e. The number of nitrogens with one attached hydrogen (secondary N) is 1. The summed E-state index contributed by atoms with van der Waals surface area (Å²) in [7, 11) is 1.25. The van der Waals surface area contributed by atoms with E-state index in [9.17, 15) is 14.4 Å². The van der Waals surface area contributed by atoms with Crippen LogP contribution in [0.2, 0.25) is 0 Å². The van der Waals surface area contributed by atoms with Crippen molar-refractivity contribution in [1.29, 1.82) is 0 Å². The van der Waals surface area contributed by atoms with E-state index in [1.165, 1.54) is 14.0 Å². The lowest BCUT2D eigenvalue weighted by Crippen LogP contribution is -2.54. The van der Waals surface area contributed by atoms with E-state index in [-0.39, 0.29) is 18.8 Å². The lowest BCUT2D eigenvalue weighted by Gasteiger charge is -2.32. The largest absolute Gasteiger partial charge is 0.465 e. The molecule has 1 amide bonds. The van der Waals surface area contributed by atoms with Crippen LogP contribution in [0, 0.1) is 5.41 Å². The van der Waals surface area contributed by atoms with Crippen LogP contribution in [0.3, 0.4) is 0 Å². The Kier molecular flexibility index (Phi) is 5.36. The fourth-order valence-corrected chi connectivity index (χ4v) is 3.02. The van der Waals surface area contributed by atoms with Crippen LogP contribution in [0.4, 0.5) is 4.79 Å². The second-order valence-corrected chi connectivity index (χ2v) is 5.63. The summed E-state index contributed by atoms with van der Waals surface area (Å²) in [5.74, 6) is -0.867. The van der Waals surface area contributed by atoms with Gasteiger partial charge in [0.1, 0.15) is 11.2 Å². The first kappa shape index (κ1) is 17.0. The fourth-order valence-electron chi connectivity index (χ4n) is 3.02. The number of Topliss-reactive ketones (excluding diaryl/α,β-unsaturated/α-hetero) is 1. The Bertz CT molecular complexity index is 586. The molecule has 0 aliphatic carbocycles. The summed E-state index contributed by atoms with van der Waals surface area (Å²) in [6.45, 7) is 1.55. The average molecular weight is 319 g/mol. The van der Waals surface area contributed by atoms with Crippen LogP contribution in [0.1, 0.15) is 25.3 Å². The van der Waals surface area contributed by atoms with Crippen LogP contribution in [-0.2, 0) is 25.5 Å². The van der Waals surface area contributed by atoms with Gasteiger partial charge >= 0.3 is 12.1 Å². The summed E-state index contributed by atoms with van der Waals surface area (Å²) < 4.78 is 9.67. The summed E-state index contributed by atoms with van der Waals surface area (Å²) in [6, 6.07) is 9.01. The van der Waals surface area contributed by atoms with Crippen molar-refractivity contribution in [2.75, 3.05) is 13.7 Å². The van der Waals surface area contributed by atoms with Gasteiger partial charge in [0.05, 0.1) is 19.8 Å². The number of hydrogen-bond donors (Lipinski definition) is 1. The number of benzene rings is 1. The van der Waals surface area contributed by atoms with Crippen molar-refractivity contribution in [3.05, 3.63) is 35.9 Å². The van der Waals surface area contributed by atoms with Gasteiger partial charge in [0, 0.05) is 6.42 Å². The van der Waals surface area contributed by atoms with Crippen molar-refractivity contribution in [2.45, 2.75) is 32.2 Å². The first-order valence-corrected chi connectivity index (χ1v) is 7.57. The summed E-state index contributed by atoms with van der Waals surface area (Å²) in [4.78, 5) is 36.1. The third kappa shape index (κ3) is 3.52. The van der Waals surface area contributed by atoms with Gasteiger partial charge in [-0.2, -0.15) is 0 Å². The SMILES string of the molecule is COC(=O)NC(CCc1ccccc1)C1(C(C)=O)CCOC1=O. The summed E-state index contributed by atoms with van der Waals surface area (Å²) in [6.07, 6.45) is 0.666. The van der Waals surface area contributed by atoms with Crippen molar-refractivity contribution in [3.63, 3.8) is 0 Å². The number of hydrogen-bond acceptors (Lipinski definition) is 5. The van der Waals surface area contributed by atoms with Crippen LogP contribution in [0.5, 0.6) is 0 Å². The third-order valence-electron chi connectivity index (χ3n) is 4.36. The molecule has 1 aromatic carbocycles. The molecule has 1 heterocycles. The summed E-state index contributed by atoms with van der Waals surface area (Å²) >= 11 is 0. The molecule has 1 aromatic rings. The normalized spacial score (nSPS) is 21.4. The number of ether oxygens (including phenoxy) is 2. The first-order valence-electron chi connectivity index (χ1n) is 7.57. The van der Waals surface area contributed by atoms with Crippen molar-refractivity contribution >= 4 is 17.8 Å². The molecule has 1 saturated heterocycles. The predicted molar refractivity (Wildman–Crippen MR) is 82.8 cm³/mol. The van der Waals surface area contributed by atoms with Crippen molar-refractivity contribution in [3.8, 4) is 0 Å². The Hall–Kier alpha value is -2.37. The van der Waals surface area contributed by atoms with Gasteiger partial charge in [0.25, 0.3) is 0 Å². The molecule has 1 aliphatic rings. The molecule has 1 aliphatic heterocycles. The summed E-state index contributed by atoms with van der Waals surface area (Å²) in [5, 5.41) is 2.65. The zero-order valence-electron chi connectivity index (χ0n) is 13.3. The van der Waals surface area contributed by atoms with Gasteiger partial charge in [-0.25, -0.2) is 4.79 Å². The van der Waals surface area contributed by atoms with E-state index in [1.54, 1.807) is 0 Å². The first-order chi connectivity index (χ1) is 11.0. The molecule has 0 bridgehead atoms. The number of carbonyl (C=O) groups excluding carboxylic acids is 3. The Balaban J connectivity index is 2.23. The van der Waals surface area contributed by atoms with Crippen LogP contribution >= 0.6 is 0 Å². The molecule has 6 nitrogen and oxygen atoms in total. The van der Waals surface area contributed by atoms with Crippen molar-refractivity contribution in [1.82, 2.24) is 5.32 Å². The minimum Gasteiger partial charge on any atom is -0.465 e. The van der Waals surface area contributed by atoms with Gasteiger partial charge in [-0.3, -0.25) is 9.59 Å². The Morgan fingerprint density at radius 1 is 1.35 bits per heavy atom. The monoisotopic (exact) mass is 319 g/mol. The number of alkyl carbamates (subject to hydrolysis) is 1. The van der Waals surface area contributed by atoms with Gasteiger partial charge in [-0.15, -0.1) is 0 Å². The van der Waals surface area contributed by atoms with E-state index in [0.717, 1.165) is 5.56 Å². The van der Waals surface area contributed by atoms with E-state index in [4.69, 9.17) is 4.74 Å². The fraction of sp³-hybridized carbons (Fsp3) is 0.471. The van der Waals surface area contributed by atoms with E-state index in [2.05, 4.69) is 10.1 Å². The second kappa shape index (κ2) is 7.26. The Labute approximate surface area is 135 Å². The molecule has 1 fully saturated rings. The van der Waals surface area contributed by atoms with Crippen LogP contribution in [0.15, 0.2) is 30.3 Å². The zero-order chi connectivity index (χ0) is 16.9. The molecule has 2 rings (SSSR count). The maximum atomic E-state index is 12.2. The molecule has 124 valence electrons. The molecule has 0 saturated carbocycles. The zero-order valence-corrected chi connectivity index (χ0v) is 13.3. The van der Waals surface area contributed by atoms with Gasteiger partial charge in [0.2, 0.25) is 0 Å². The van der Waals surface area contributed by atoms with Gasteiger partial charge in [-0.1, -0.05) is 30.3 Å². The quantitative estimate of drug-likeness (QED) is 0.639. The van der Waals surface area contributed by atoms with Gasteiger partial charge in [-0.05, 0) is 25.3 Å². The van der Waals surface area contributed by atoms with Gasteiger partial charge in [0.15, 0.2) is 0 Å². The summed E-state index contributed by atoms with van der Waals surface area (Å²) in [5.41, 5.74) is -0.266. The van der Waals surface area contributed by atoms with E-state index in [0.29, 0.717) is 12.8 Å². The van der Waals surface area contributed by atoms with Crippen LogP contribution < -0.4 is 5.32 Å². The molecule has 0 spiro atoms. The maximum absolute atomic E-state index is 12.2. The number of aryl methyl sites for hydroxylation is 1. The molecular formula is C17H21NO5. The van der Waals surface area contributed by atoms with Crippen molar-refractivity contribution in [2.24, 2.45) is 5.41 Å². The molecular weight excluding hydrogens is 298 g/mol. The number of methoxy groups -OCH3 is 1. The number of cyclic esters (lactones) is 1. The molecule has 6 heteroatoms. The molecule has 23 heavy (non-hydrogen) atoms. The molecule has 2 unspecified atom stereocenters. The van der Waals surface area contributed by atoms with E-state index >= 15 is 0 Å². The number of ketones is 1. The van der Waals surface area contributed by atoms with E-state index < -0.39 is 23.5 Å². The highest BCUT2D eigenvalue weighted by Gasteiger charge is 2.55. The average Bonchev–Trinajstić information content (AvgIpc) is 2.94. The number of carbonyl (C=O) groups is 3. The van der Waals surface area contributed by atoms with Crippen molar-refractivity contribution < 1.29 is 23.9 Å². The molecule has 0 radical (unpaired) electrons. The standard InChI is InChI=1S/C17H21NO5/c1-12(19)17(10-11-23-15(17)20)14(18-16(21)22-2)9-8-13-6-4-3-5-7-13/h3-7,14H,8-11H2,1-2H3,(H,18,21). The number of esters is 1. The minimum absolute atomic E-state index is 0.184. The second-order valence-electron chi connectivity index (χ2n) is 5.63. The lowest BCUT2D eigenvalue weighted by atomic mass is 9.73. The molecule has 1 N–H and O–H groups in total. The van der Waals surface area contributed by atoms with Gasteiger partial charge < -0.3 is 14.8 Å². The highest BCUT2D eigenvalue weighted by molar-refractivity contribution is 6.05. The smallest absolute Gasteiger partial charge is 0.407 e. The topological polar surface area (TPSA) is 81.7 Å². The highest BCUT2D eigenvalue weighted by atomic mass is 16.5. The lowest BCUT2D eigenvalue weighted by molar-refractivity contribution is -0.152. The third-order valence-corrected chi connectivity index (χ3v) is 4.36. The van der Waals surface area contributed by atoms with E-state index in [1.807, 2.05) is 30.3 Å². The highest BCUT2D eigenvalue weighted by Crippen LogP contribution is 2.37. The Morgan fingerprint density at radius 2 is 2.04 bits per heavy atom. The van der Waals surface area contributed by atoms with Crippen LogP contribution in [0.25, 0.3) is 0 Å². The number of amides is 1. The molecule has 2 atom stereocenters.